The fourth-order valence-electron chi connectivity index (χ4n) is 0.526. The Morgan fingerprint density at radius 3 is 2.36 bits per heavy atom. The summed E-state index contributed by atoms with van der Waals surface area (Å²) in [7, 11) is 0. The predicted molar refractivity (Wildman–Crippen MR) is 35.9 cm³/mol. The molecule has 0 aliphatic rings. The monoisotopic (exact) mass is 272 g/mol. The normalized spacial score (nSPS) is 12.8. The van der Waals surface area contributed by atoms with E-state index < -0.39 is 17.9 Å². The van der Waals surface area contributed by atoms with Crippen molar-refractivity contribution in [1.29, 1.82) is 0 Å². The number of nitrogens with two attached hydrogens (primary N) is 2. The second-order valence-corrected chi connectivity index (χ2v) is 3.63. The van der Waals surface area contributed by atoms with Crippen molar-refractivity contribution >= 4 is 11.8 Å². The number of amides is 2. The molecule has 5 N–H and O–H groups in total. The van der Waals surface area contributed by atoms with Crippen LogP contribution in [0, 0.1) is 0 Å². The second-order valence-electron chi connectivity index (χ2n) is 1.92. The van der Waals surface area contributed by atoms with Gasteiger partial charge in [-0.25, -0.2) is 0 Å². The van der Waals surface area contributed by atoms with Crippen LogP contribution in [0.2, 0.25) is 0 Å². The Labute approximate surface area is 75.5 Å². The number of alkyl halides is 1. The van der Waals surface area contributed by atoms with Gasteiger partial charge < -0.3 is 0 Å². The van der Waals surface area contributed by atoms with Crippen molar-refractivity contribution < 1.29 is 31.1 Å². The standard InChI is InChI=1S/C5H11IN3O2/c1-6-9-3(5(8)11)2-4(7)10/h3,9H,2H2,1H3,(H2,7,10)(H2,8,11)/q-1. The van der Waals surface area contributed by atoms with Crippen molar-refractivity contribution in [2.24, 2.45) is 11.5 Å². The van der Waals surface area contributed by atoms with Gasteiger partial charge in [-0.3, -0.25) is 0 Å². The molecule has 0 aliphatic heterocycles. The van der Waals surface area contributed by atoms with Gasteiger partial charge in [-0.15, -0.1) is 0 Å². The average Bonchev–Trinajstić information content (AvgIpc) is 1.86. The van der Waals surface area contributed by atoms with E-state index in [1.165, 1.54) is 0 Å². The third kappa shape index (κ3) is 4.96. The second kappa shape index (κ2) is 5.30. The van der Waals surface area contributed by atoms with Crippen LogP contribution in [0.3, 0.4) is 0 Å². The van der Waals surface area contributed by atoms with E-state index in [1.807, 2.05) is 4.93 Å². The van der Waals surface area contributed by atoms with Crippen LogP contribution in [0.5, 0.6) is 0 Å². The number of rotatable bonds is 5. The molecule has 0 spiro atoms. The van der Waals surface area contributed by atoms with Gasteiger partial charge in [-0.05, 0) is 0 Å². The van der Waals surface area contributed by atoms with E-state index >= 15 is 0 Å². The van der Waals surface area contributed by atoms with Crippen molar-refractivity contribution in [3.8, 4) is 0 Å². The van der Waals surface area contributed by atoms with Gasteiger partial charge in [0.2, 0.25) is 0 Å². The quantitative estimate of drug-likeness (QED) is 0.265. The number of hydrogen-bond acceptors (Lipinski definition) is 3. The topological polar surface area (TPSA) is 98.2 Å². The summed E-state index contributed by atoms with van der Waals surface area (Å²) in [4.78, 5) is 22.9. The molecule has 0 saturated heterocycles. The molecule has 66 valence electrons. The van der Waals surface area contributed by atoms with Gasteiger partial charge in [0, 0.05) is 0 Å². The zero-order valence-corrected chi connectivity index (χ0v) is 8.29. The van der Waals surface area contributed by atoms with Crippen LogP contribution in [0.15, 0.2) is 0 Å². The van der Waals surface area contributed by atoms with Crippen LogP contribution in [-0.2, 0) is 9.59 Å². The van der Waals surface area contributed by atoms with Gasteiger partial charge in [0.25, 0.3) is 0 Å². The van der Waals surface area contributed by atoms with Gasteiger partial charge in [-0.2, -0.15) is 0 Å². The van der Waals surface area contributed by atoms with Crippen LogP contribution >= 0.6 is 0 Å². The first-order valence-electron chi connectivity index (χ1n) is 2.89. The molecule has 6 heteroatoms. The van der Waals surface area contributed by atoms with E-state index in [9.17, 15) is 9.59 Å². The van der Waals surface area contributed by atoms with Crippen molar-refractivity contribution in [1.82, 2.24) is 3.53 Å². The summed E-state index contributed by atoms with van der Waals surface area (Å²) >= 11 is -0.257. The van der Waals surface area contributed by atoms with Crippen LogP contribution in [0.25, 0.3) is 0 Å². The van der Waals surface area contributed by atoms with Crippen LogP contribution in [0.4, 0.5) is 0 Å². The molecule has 0 heterocycles. The van der Waals surface area contributed by atoms with Crippen molar-refractivity contribution in [2.75, 3.05) is 4.93 Å². The third-order valence-corrected chi connectivity index (χ3v) is 2.36. The molecule has 0 saturated carbocycles. The number of carbonyl (C=O) groups is 2. The molecule has 0 aromatic heterocycles. The van der Waals surface area contributed by atoms with Gasteiger partial charge in [0.1, 0.15) is 0 Å². The van der Waals surface area contributed by atoms with Gasteiger partial charge in [-0.1, -0.05) is 0 Å². The summed E-state index contributed by atoms with van der Waals surface area (Å²) in [6, 6.07) is -0.578. The zero-order chi connectivity index (χ0) is 8.85. The molecule has 0 fully saturated rings. The number of hydrogen-bond donors (Lipinski definition) is 3. The van der Waals surface area contributed by atoms with Crippen molar-refractivity contribution in [3.63, 3.8) is 0 Å². The van der Waals surface area contributed by atoms with Gasteiger partial charge in [0.15, 0.2) is 0 Å². The Morgan fingerprint density at radius 1 is 1.55 bits per heavy atom. The molecule has 1 atom stereocenters. The molecular weight excluding hydrogens is 261 g/mol. The van der Waals surface area contributed by atoms with E-state index in [2.05, 4.69) is 3.53 Å². The van der Waals surface area contributed by atoms with Gasteiger partial charge in [0.05, 0.1) is 0 Å². The molecule has 0 rings (SSSR count). The Morgan fingerprint density at radius 2 is 2.09 bits per heavy atom. The summed E-state index contributed by atoms with van der Waals surface area (Å²) in [6.07, 6.45) is -0.0110. The molecule has 0 aromatic carbocycles. The first-order valence-corrected chi connectivity index (χ1v) is 6.13. The van der Waals surface area contributed by atoms with Crippen molar-refractivity contribution in [2.45, 2.75) is 12.5 Å². The third-order valence-electron chi connectivity index (χ3n) is 0.990. The minimum absolute atomic E-state index is 0.0110. The zero-order valence-electron chi connectivity index (χ0n) is 6.13. The molecule has 0 aromatic rings. The molecule has 1 unspecified atom stereocenters. The molecule has 5 nitrogen and oxygen atoms in total. The molecular formula is C5H11IN3O2-. The molecule has 11 heavy (non-hydrogen) atoms. The van der Waals surface area contributed by atoms with E-state index in [0.29, 0.717) is 0 Å². The maximum atomic E-state index is 10.6. The minimum atomic E-state index is -0.578. The Kier molecular flexibility index (Phi) is 5.12. The SMILES string of the molecule is C[I-]NC(CC(N)=O)C(N)=O. The number of halogens is 1. The first-order chi connectivity index (χ1) is 5.07. The fourth-order valence-corrected chi connectivity index (χ4v) is 1.80. The Bertz CT molecular complexity index is 162. The summed E-state index contributed by atoms with van der Waals surface area (Å²) < 4.78 is 2.85. The summed E-state index contributed by atoms with van der Waals surface area (Å²) in [5.74, 6) is -1.04. The van der Waals surface area contributed by atoms with E-state index in [-0.39, 0.29) is 27.9 Å². The van der Waals surface area contributed by atoms with E-state index in [1.54, 1.807) is 0 Å². The number of primary amides is 2. The Balaban J connectivity index is 3.89. The Hall–Kier alpha value is -0.370. The van der Waals surface area contributed by atoms with E-state index in [0.717, 1.165) is 0 Å². The van der Waals surface area contributed by atoms with Crippen molar-refractivity contribution in [3.05, 3.63) is 0 Å². The number of carbonyl (C=O) groups excluding carboxylic acids is 2. The summed E-state index contributed by atoms with van der Waals surface area (Å²) in [5, 5.41) is 0. The van der Waals surface area contributed by atoms with Crippen LogP contribution in [0.1, 0.15) is 6.42 Å². The fraction of sp³-hybridized carbons (Fsp3) is 0.600. The van der Waals surface area contributed by atoms with Gasteiger partial charge >= 0.3 is 75.3 Å². The maximum absolute atomic E-state index is 10.6. The number of nitrogens with one attached hydrogen (secondary N) is 1. The molecule has 0 radical (unpaired) electrons. The van der Waals surface area contributed by atoms with Crippen LogP contribution < -0.4 is 36.5 Å². The molecule has 2 amide bonds. The summed E-state index contributed by atoms with van der Waals surface area (Å²) in [6.45, 7) is 0. The van der Waals surface area contributed by atoms with Crippen LogP contribution in [-0.4, -0.2) is 22.8 Å². The van der Waals surface area contributed by atoms with E-state index in [4.69, 9.17) is 11.5 Å². The first kappa shape index (κ1) is 10.6. The molecule has 0 bridgehead atoms. The summed E-state index contributed by atoms with van der Waals surface area (Å²) in [5.41, 5.74) is 9.87. The molecule has 0 aliphatic carbocycles. The predicted octanol–water partition coefficient (Wildman–Crippen LogP) is -5.06. The average molecular weight is 272 g/mol.